The van der Waals surface area contributed by atoms with E-state index in [2.05, 4.69) is 24.5 Å². The van der Waals surface area contributed by atoms with Gasteiger partial charge in [0.25, 0.3) is 0 Å². The number of benzene rings is 1. The number of hydrogen-bond donors (Lipinski definition) is 0. The molecule has 1 amide bonds. The Bertz CT molecular complexity index is 990. The molecule has 0 spiro atoms. The zero-order chi connectivity index (χ0) is 19.1. The lowest BCUT2D eigenvalue weighted by Crippen LogP contribution is -2.20. The first-order valence-corrected chi connectivity index (χ1v) is 10.0. The lowest BCUT2D eigenvalue weighted by Gasteiger charge is -2.28. The smallest absolute Gasteiger partial charge is 0.210 e. The molecule has 0 bridgehead atoms. The maximum Gasteiger partial charge on any atom is 0.210 e. The van der Waals surface area contributed by atoms with Crippen molar-refractivity contribution in [1.82, 2.24) is 29.4 Å². The van der Waals surface area contributed by atoms with Gasteiger partial charge in [-0.15, -0.1) is 10.2 Å². The average Bonchev–Trinajstić information content (AvgIpc) is 3.36. The number of rotatable bonds is 3. The summed E-state index contributed by atoms with van der Waals surface area (Å²) >= 11 is 6.22. The van der Waals surface area contributed by atoms with Gasteiger partial charge in [0.15, 0.2) is 5.82 Å². The van der Waals surface area contributed by atoms with Crippen LogP contribution in [0.4, 0.5) is 0 Å². The average molecular weight is 397 g/mol. The van der Waals surface area contributed by atoms with E-state index in [0.717, 1.165) is 55.0 Å². The fourth-order valence-corrected chi connectivity index (χ4v) is 4.68. The first-order chi connectivity index (χ1) is 13.7. The molecule has 1 saturated carbocycles. The van der Waals surface area contributed by atoms with Gasteiger partial charge in [-0.3, -0.25) is 14.0 Å². The highest BCUT2D eigenvalue weighted by atomic mass is 35.5. The van der Waals surface area contributed by atoms with Crippen LogP contribution in [0.2, 0.25) is 5.02 Å². The molecule has 1 aliphatic carbocycles. The molecule has 1 aliphatic heterocycles. The number of carbonyl (C=O) groups excluding carboxylic acids is 1. The van der Waals surface area contributed by atoms with Gasteiger partial charge in [-0.2, -0.15) is 5.10 Å². The first-order valence-electron chi connectivity index (χ1n) is 9.64. The van der Waals surface area contributed by atoms with Gasteiger partial charge >= 0.3 is 0 Å². The van der Waals surface area contributed by atoms with E-state index in [1.807, 2.05) is 36.7 Å². The van der Waals surface area contributed by atoms with Crippen LogP contribution in [0, 0.1) is 0 Å². The molecule has 0 saturated heterocycles. The Kier molecular flexibility index (Phi) is 4.39. The number of nitrogens with zero attached hydrogens (tertiary/aromatic N) is 6. The Morgan fingerprint density at radius 2 is 1.96 bits per heavy atom. The molecule has 0 N–H and O–H groups in total. The largest absolute Gasteiger partial charge is 0.333 e. The van der Waals surface area contributed by atoms with Gasteiger partial charge in [-0.25, -0.2) is 0 Å². The molecule has 8 heteroatoms. The van der Waals surface area contributed by atoms with Crippen molar-refractivity contribution in [1.29, 1.82) is 0 Å². The molecule has 5 rings (SSSR count). The highest BCUT2D eigenvalue weighted by Gasteiger charge is 2.30. The molecular weight excluding hydrogens is 376 g/mol. The summed E-state index contributed by atoms with van der Waals surface area (Å²) in [6.45, 7) is 0.972. The van der Waals surface area contributed by atoms with Crippen molar-refractivity contribution < 1.29 is 4.79 Å². The van der Waals surface area contributed by atoms with Gasteiger partial charge in [-0.05, 0) is 55.5 Å². The Labute approximate surface area is 167 Å². The van der Waals surface area contributed by atoms with Crippen molar-refractivity contribution in [2.75, 3.05) is 0 Å². The van der Waals surface area contributed by atoms with Crippen LogP contribution in [0.1, 0.15) is 54.9 Å². The standard InChI is InChI=1S/C20H21ClN6O/c21-16-4-7-18-15(10-16)11-25(13-28)12-19-23-24-20(27(18)19)14-2-5-17(6-3-14)26-9-1-8-22-26/h1,4,7-10,13-14,17H,2-3,5-6,11-12H2. The summed E-state index contributed by atoms with van der Waals surface area (Å²) in [5.41, 5.74) is 2.04. The molecule has 2 aromatic heterocycles. The van der Waals surface area contributed by atoms with Crippen LogP contribution >= 0.6 is 11.6 Å². The molecule has 0 atom stereocenters. The summed E-state index contributed by atoms with van der Waals surface area (Å²) in [4.78, 5) is 13.2. The van der Waals surface area contributed by atoms with Gasteiger partial charge in [0.05, 0.1) is 18.3 Å². The molecule has 1 fully saturated rings. The quantitative estimate of drug-likeness (QED) is 0.635. The number of amides is 1. The number of fused-ring (bicyclic) bond motifs is 3. The predicted molar refractivity (Wildman–Crippen MR) is 104 cm³/mol. The molecular formula is C20H21ClN6O. The topological polar surface area (TPSA) is 68.8 Å². The summed E-state index contributed by atoms with van der Waals surface area (Å²) in [5.74, 6) is 2.14. The van der Waals surface area contributed by atoms with Crippen LogP contribution in [-0.4, -0.2) is 35.9 Å². The second-order valence-electron chi connectivity index (χ2n) is 7.58. The van der Waals surface area contributed by atoms with Gasteiger partial charge in [0.1, 0.15) is 5.82 Å². The second-order valence-corrected chi connectivity index (χ2v) is 8.02. The molecule has 7 nitrogen and oxygen atoms in total. The summed E-state index contributed by atoms with van der Waals surface area (Å²) < 4.78 is 4.22. The van der Waals surface area contributed by atoms with Crippen molar-refractivity contribution in [3.63, 3.8) is 0 Å². The maximum atomic E-state index is 11.5. The van der Waals surface area contributed by atoms with Gasteiger partial charge in [0, 0.05) is 29.9 Å². The van der Waals surface area contributed by atoms with E-state index in [9.17, 15) is 4.79 Å². The van der Waals surface area contributed by atoms with Crippen LogP contribution in [0.5, 0.6) is 0 Å². The predicted octanol–water partition coefficient (Wildman–Crippen LogP) is 3.49. The van der Waals surface area contributed by atoms with Crippen molar-refractivity contribution in [2.24, 2.45) is 0 Å². The normalized spacial score (nSPS) is 21.7. The molecule has 1 aromatic carbocycles. The second kappa shape index (κ2) is 7.05. The third kappa shape index (κ3) is 2.99. The van der Waals surface area contributed by atoms with E-state index in [4.69, 9.17) is 11.6 Å². The zero-order valence-corrected chi connectivity index (χ0v) is 16.2. The van der Waals surface area contributed by atoms with Gasteiger partial charge < -0.3 is 4.90 Å². The fraction of sp³-hybridized carbons (Fsp3) is 0.400. The van der Waals surface area contributed by atoms with E-state index < -0.39 is 0 Å². The number of aromatic nitrogens is 5. The summed E-state index contributed by atoms with van der Waals surface area (Å²) in [6, 6.07) is 8.26. The van der Waals surface area contributed by atoms with Crippen LogP contribution in [0.3, 0.4) is 0 Å². The Balaban J connectivity index is 1.48. The van der Waals surface area contributed by atoms with Crippen LogP contribution in [0.25, 0.3) is 5.69 Å². The molecule has 2 aliphatic rings. The molecule has 28 heavy (non-hydrogen) atoms. The van der Waals surface area contributed by atoms with Crippen LogP contribution < -0.4 is 0 Å². The number of hydrogen-bond acceptors (Lipinski definition) is 4. The Morgan fingerprint density at radius 3 is 2.71 bits per heavy atom. The van der Waals surface area contributed by atoms with Crippen molar-refractivity contribution >= 4 is 18.0 Å². The van der Waals surface area contributed by atoms with Crippen molar-refractivity contribution in [3.05, 3.63) is 58.9 Å². The highest BCUT2D eigenvalue weighted by molar-refractivity contribution is 6.30. The maximum absolute atomic E-state index is 11.5. The van der Waals surface area contributed by atoms with E-state index in [-0.39, 0.29) is 0 Å². The van der Waals surface area contributed by atoms with E-state index in [1.54, 1.807) is 4.90 Å². The fourth-order valence-electron chi connectivity index (χ4n) is 4.48. The Hall–Kier alpha value is -2.67. The molecule has 3 heterocycles. The highest BCUT2D eigenvalue weighted by Crippen LogP contribution is 2.39. The van der Waals surface area contributed by atoms with E-state index in [1.165, 1.54) is 0 Å². The van der Waals surface area contributed by atoms with Gasteiger partial charge in [-0.1, -0.05) is 11.6 Å². The zero-order valence-electron chi connectivity index (χ0n) is 15.4. The summed E-state index contributed by atoms with van der Waals surface area (Å²) in [7, 11) is 0. The monoisotopic (exact) mass is 396 g/mol. The van der Waals surface area contributed by atoms with Crippen LogP contribution in [-0.2, 0) is 17.9 Å². The molecule has 0 radical (unpaired) electrons. The lowest BCUT2D eigenvalue weighted by molar-refractivity contribution is -0.119. The minimum atomic E-state index is 0.347. The van der Waals surface area contributed by atoms with Crippen LogP contribution in [0.15, 0.2) is 36.7 Å². The molecule has 144 valence electrons. The molecule has 3 aromatic rings. The number of halogens is 1. The van der Waals surface area contributed by atoms with Crippen molar-refractivity contribution in [2.45, 2.75) is 50.7 Å². The minimum absolute atomic E-state index is 0.347. The van der Waals surface area contributed by atoms with Crippen molar-refractivity contribution in [3.8, 4) is 5.69 Å². The lowest BCUT2D eigenvalue weighted by atomic mass is 9.85. The first kappa shape index (κ1) is 17.4. The number of carbonyl (C=O) groups is 1. The van der Waals surface area contributed by atoms with E-state index in [0.29, 0.717) is 30.1 Å². The Morgan fingerprint density at radius 1 is 1.11 bits per heavy atom. The molecule has 0 unspecified atom stereocenters. The third-order valence-electron chi connectivity index (χ3n) is 5.87. The SMILES string of the molecule is O=CN1Cc2cc(Cl)ccc2-n2c(nnc2C2CCC(n3cccn3)CC2)C1. The third-order valence-corrected chi connectivity index (χ3v) is 6.10. The van der Waals surface area contributed by atoms with Gasteiger partial charge in [0.2, 0.25) is 6.41 Å². The minimum Gasteiger partial charge on any atom is -0.333 e. The summed E-state index contributed by atoms with van der Waals surface area (Å²) in [6.07, 6.45) is 8.98. The summed E-state index contributed by atoms with van der Waals surface area (Å²) in [5, 5.41) is 14.1. The van der Waals surface area contributed by atoms with E-state index >= 15 is 0 Å².